The maximum absolute atomic E-state index is 12.2. The Labute approximate surface area is 120 Å². The number of nitrogens with one attached hydrogen (secondary N) is 1. The summed E-state index contributed by atoms with van der Waals surface area (Å²) in [6.07, 6.45) is 0. The fraction of sp³-hybridized carbons (Fsp3) is 0.231. The Morgan fingerprint density at radius 2 is 2.21 bits per heavy atom. The van der Waals surface area contributed by atoms with Crippen molar-refractivity contribution in [2.24, 2.45) is 0 Å². The minimum Gasteiger partial charge on any atom is -0.382 e. The molecular formula is C13H15N3OS2. The van der Waals surface area contributed by atoms with Gasteiger partial charge in [0.25, 0.3) is 5.91 Å². The number of aryl methyl sites for hydroxylation is 1. The Morgan fingerprint density at radius 3 is 2.89 bits per heavy atom. The third-order valence-electron chi connectivity index (χ3n) is 2.50. The molecule has 6 heteroatoms. The molecule has 1 amide bonds. The summed E-state index contributed by atoms with van der Waals surface area (Å²) >= 11 is 2.92. The largest absolute Gasteiger partial charge is 0.382 e. The van der Waals surface area contributed by atoms with Crippen LogP contribution in [0.1, 0.15) is 22.2 Å². The van der Waals surface area contributed by atoms with Gasteiger partial charge in [0.05, 0.1) is 0 Å². The first-order valence-electron chi connectivity index (χ1n) is 5.88. The molecule has 0 bridgehead atoms. The number of hydrogen-bond donors (Lipinski definition) is 2. The van der Waals surface area contributed by atoms with Gasteiger partial charge < -0.3 is 11.1 Å². The van der Waals surface area contributed by atoms with E-state index in [0.29, 0.717) is 10.7 Å². The Balaban J connectivity index is 2.18. The number of thiazole rings is 1. The van der Waals surface area contributed by atoms with Crippen molar-refractivity contribution in [2.75, 3.05) is 16.8 Å². The third-order valence-corrected chi connectivity index (χ3v) is 4.60. The molecule has 0 aliphatic heterocycles. The predicted molar refractivity (Wildman–Crippen MR) is 82.1 cm³/mol. The van der Waals surface area contributed by atoms with Crippen LogP contribution in [0.15, 0.2) is 28.6 Å². The van der Waals surface area contributed by atoms with Gasteiger partial charge in [-0.1, -0.05) is 36.9 Å². The summed E-state index contributed by atoms with van der Waals surface area (Å²) in [5, 5.41) is 2.86. The second-order valence-corrected chi connectivity index (χ2v) is 6.41. The van der Waals surface area contributed by atoms with E-state index in [9.17, 15) is 4.79 Å². The summed E-state index contributed by atoms with van der Waals surface area (Å²) in [7, 11) is 0. The number of anilines is 2. The van der Waals surface area contributed by atoms with Gasteiger partial charge >= 0.3 is 0 Å². The van der Waals surface area contributed by atoms with Gasteiger partial charge in [0.15, 0.2) is 4.34 Å². The molecule has 0 aliphatic carbocycles. The number of para-hydroxylation sites is 1. The molecule has 100 valence electrons. The number of amides is 1. The van der Waals surface area contributed by atoms with Crippen LogP contribution < -0.4 is 11.1 Å². The third kappa shape index (κ3) is 3.27. The number of nitrogens with zero attached hydrogens (tertiary/aromatic N) is 1. The quantitative estimate of drug-likeness (QED) is 0.848. The number of nitrogens with two attached hydrogens (primary N) is 1. The van der Waals surface area contributed by atoms with E-state index in [1.165, 1.54) is 11.3 Å². The summed E-state index contributed by atoms with van der Waals surface area (Å²) in [6.45, 7) is 3.99. The topological polar surface area (TPSA) is 68.0 Å². The molecule has 2 rings (SSSR count). The minimum absolute atomic E-state index is 0.202. The predicted octanol–water partition coefficient (Wildman–Crippen LogP) is 3.40. The molecule has 1 aromatic heterocycles. The SMILES string of the molecule is CCSc1nc(N)c(C(=O)Nc2ccccc2C)s1. The monoisotopic (exact) mass is 293 g/mol. The first-order valence-corrected chi connectivity index (χ1v) is 7.68. The number of nitrogen functional groups attached to an aromatic ring is 1. The molecule has 2 aromatic rings. The van der Waals surface area contributed by atoms with Crippen molar-refractivity contribution in [3.63, 3.8) is 0 Å². The first kappa shape index (κ1) is 13.9. The molecule has 0 saturated carbocycles. The maximum atomic E-state index is 12.2. The van der Waals surface area contributed by atoms with Gasteiger partial charge in [0.1, 0.15) is 10.7 Å². The molecule has 1 heterocycles. The van der Waals surface area contributed by atoms with E-state index >= 15 is 0 Å². The lowest BCUT2D eigenvalue weighted by atomic mass is 10.2. The number of rotatable bonds is 4. The van der Waals surface area contributed by atoms with E-state index in [4.69, 9.17) is 5.73 Å². The Hall–Kier alpha value is -1.53. The molecule has 1 aromatic carbocycles. The van der Waals surface area contributed by atoms with Crippen LogP contribution in [0, 0.1) is 6.92 Å². The average molecular weight is 293 g/mol. The van der Waals surface area contributed by atoms with E-state index in [1.54, 1.807) is 11.8 Å². The highest BCUT2D eigenvalue weighted by Gasteiger charge is 2.16. The summed E-state index contributed by atoms with van der Waals surface area (Å²) in [5.41, 5.74) is 7.60. The number of hydrogen-bond acceptors (Lipinski definition) is 5. The molecule has 0 saturated heterocycles. The zero-order valence-electron chi connectivity index (χ0n) is 10.8. The van der Waals surface area contributed by atoms with Gasteiger partial charge in [-0.2, -0.15) is 0 Å². The number of benzene rings is 1. The maximum Gasteiger partial charge on any atom is 0.269 e. The van der Waals surface area contributed by atoms with E-state index < -0.39 is 0 Å². The van der Waals surface area contributed by atoms with Crippen molar-refractivity contribution >= 4 is 40.5 Å². The summed E-state index contributed by atoms with van der Waals surface area (Å²) in [5.74, 6) is 1.01. The van der Waals surface area contributed by atoms with E-state index in [0.717, 1.165) is 21.3 Å². The molecule has 3 N–H and O–H groups in total. The molecule has 0 radical (unpaired) electrons. The average Bonchev–Trinajstić information content (AvgIpc) is 2.74. The molecule has 0 aliphatic rings. The van der Waals surface area contributed by atoms with Crippen molar-refractivity contribution < 1.29 is 4.79 Å². The lowest BCUT2D eigenvalue weighted by molar-refractivity contribution is 0.103. The Bertz CT molecular complexity index is 595. The van der Waals surface area contributed by atoms with Gasteiger partial charge in [-0.25, -0.2) is 4.98 Å². The van der Waals surface area contributed by atoms with E-state index in [1.807, 2.05) is 38.1 Å². The van der Waals surface area contributed by atoms with Crippen LogP contribution in [-0.4, -0.2) is 16.6 Å². The normalized spacial score (nSPS) is 10.4. The smallest absolute Gasteiger partial charge is 0.269 e. The summed E-state index contributed by atoms with van der Waals surface area (Å²) in [6, 6.07) is 7.63. The molecule has 0 atom stereocenters. The molecule has 19 heavy (non-hydrogen) atoms. The van der Waals surface area contributed by atoms with Crippen molar-refractivity contribution in [3.8, 4) is 0 Å². The second kappa shape index (κ2) is 6.08. The number of carbonyl (C=O) groups is 1. The number of aromatic nitrogens is 1. The van der Waals surface area contributed by atoms with Crippen molar-refractivity contribution in [3.05, 3.63) is 34.7 Å². The molecule has 0 unspecified atom stereocenters. The zero-order valence-corrected chi connectivity index (χ0v) is 12.4. The highest BCUT2D eigenvalue weighted by Crippen LogP contribution is 2.29. The summed E-state index contributed by atoms with van der Waals surface area (Å²) < 4.78 is 0.829. The van der Waals surface area contributed by atoms with E-state index in [2.05, 4.69) is 10.3 Å². The fourth-order valence-electron chi connectivity index (χ4n) is 1.55. The second-order valence-electron chi connectivity index (χ2n) is 3.90. The van der Waals surface area contributed by atoms with E-state index in [-0.39, 0.29) is 5.91 Å². The summed E-state index contributed by atoms with van der Waals surface area (Å²) in [4.78, 5) is 16.8. The standard InChI is InChI=1S/C13H15N3OS2/c1-3-18-13-16-11(14)10(19-13)12(17)15-9-7-5-4-6-8(9)2/h4-7H,3,14H2,1-2H3,(H,15,17). The van der Waals surface area contributed by atoms with Crippen LogP contribution >= 0.6 is 23.1 Å². The van der Waals surface area contributed by atoms with Crippen LogP contribution in [0.2, 0.25) is 0 Å². The minimum atomic E-state index is -0.202. The van der Waals surface area contributed by atoms with Crippen molar-refractivity contribution in [1.29, 1.82) is 0 Å². The number of carbonyl (C=O) groups excluding carboxylic acids is 1. The van der Waals surface area contributed by atoms with Gasteiger partial charge in [-0.05, 0) is 24.3 Å². The molecular weight excluding hydrogens is 278 g/mol. The zero-order chi connectivity index (χ0) is 13.8. The highest BCUT2D eigenvalue weighted by molar-refractivity contribution is 8.01. The van der Waals surface area contributed by atoms with Crippen LogP contribution in [0.25, 0.3) is 0 Å². The van der Waals surface area contributed by atoms with Crippen LogP contribution in [0.5, 0.6) is 0 Å². The Kier molecular flexibility index (Phi) is 4.44. The first-order chi connectivity index (χ1) is 9.11. The fourth-order valence-corrected chi connectivity index (χ4v) is 3.41. The molecule has 0 fully saturated rings. The van der Waals surface area contributed by atoms with Gasteiger partial charge in [0.2, 0.25) is 0 Å². The lowest BCUT2D eigenvalue weighted by Crippen LogP contribution is -2.12. The lowest BCUT2D eigenvalue weighted by Gasteiger charge is -2.06. The van der Waals surface area contributed by atoms with Crippen LogP contribution in [0.4, 0.5) is 11.5 Å². The number of thioether (sulfide) groups is 1. The highest BCUT2D eigenvalue weighted by atomic mass is 32.2. The molecule has 4 nitrogen and oxygen atoms in total. The van der Waals surface area contributed by atoms with Gasteiger partial charge in [0, 0.05) is 5.69 Å². The van der Waals surface area contributed by atoms with Gasteiger partial charge in [-0.15, -0.1) is 11.3 Å². The van der Waals surface area contributed by atoms with Gasteiger partial charge in [-0.3, -0.25) is 4.79 Å². The van der Waals surface area contributed by atoms with Crippen molar-refractivity contribution in [1.82, 2.24) is 4.98 Å². The van der Waals surface area contributed by atoms with Crippen molar-refractivity contribution in [2.45, 2.75) is 18.2 Å². The van der Waals surface area contributed by atoms with Crippen LogP contribution in [0.3, 0.4) is 0 Å². The Morgan fingerprint density at radius 1 is 1.47 bits per heavy atom. The van der Waals surface area contributed by atoms with Crippen LogP contribution in [-0.2, 0) is 0 Å². The molecule has 0 spiro atoms.